The van der Waals surface area contributed by atoms with E-state index in [0.29, 0.717) is 61.2 Å². The van der Waals surface area contributed by atoms with Gasteiger partial charge in [-0.2, -0.15) is 0 Å². The average Bonchev–Trinajstić information content (AvgIpc) is 3.24. The summed E-state index contributed by atoms with van der Waals surface area (Å²) < 4.78 is 22.4. The van der Waals surface area contributed by atoms with Gasteiger partial charge in [0.2, 0.25) is 0 Å². The molecule has 0 bridgehead atoms. The van der Waals surface area contributed by atoms with Crippen molar-refractivity contribution in [1.29, 1.82) is 0 Å². The highest BCUT2D eigenvalue weighted by Crippen LogP contribution is 2.42. The Morgan fingerprint density at radius 2 is 1.68 bits per heavy atom. The van der Waals surface area contributed by atoms with Gasteiger partial charge in [0.15, 0.2) is 11.5 Å². The number of hydrogen-bond donors (Lipinski definition) is 1. The largest absolute Gasteiger partial charge is 0.507 e. The van der Waals surface area contributed by atoms with Crippen molar-refractivity contribution in [2.45, 2.75) is 45.6 Å². The number of aryl methyl sites for hydroxylation is 1. The number of nitrogens with zero attached hydrogens (tertiary/aromatic N) is 2. The van der Waals surface area contributed by atoms with Crippen LogP contribution in [-0.2, 0) is 14.3 Å². The van der Waals surface area contributed by atoms with E-state index in [0.717, 1.165) is 44.5 Å². The van der Waals surface area contributed by atoms with Crippen molar-refractivity contribution in [3.05, 3.63) is 58.7 Å². The molecule has 2 aliphatic rings. The molecule has 1 atom stereocenters. The van der Waals surface area contributed by atoms with E-state index in [1.165, 1.54) is 0 Å². The number of likely N-dealkylation sites (tertiary alicyclic amines) is 1. The topological polar surface area (TPSA) is 97.8 Å². The third kappa shape index (κ3) is 7.02. The molecule has 0 saturated carbocycles. The lowest BCUT2D eigenvalue weighted by Crippen LogP contribution is -2.39. The maximum absolute atomic E-state index is 13.5. The zero-order valence-corrected chi connectivity index (χ0v) is 24.6. The highest BCUT2D eigenvalue weighted by atomic mass is 16.5. The minimum Gasteiger partial charge on any atom is -0.507 e. The number of carbonyl (C=O) groups excluding carboxylic acids is 2. The molecule has 0 aromatic heterocycles. The number of methoxy groups -OCH3 is 2. The first-order valence-electron chi connectivity index (χ1n) is 14.4. The van der Waals surface area contributed by atoms with Crippen LogP contribution in [0.5, 0.6) is 17.2 Å². The predicted octanol–water partition coefficient (Wildman–Crippen LogP) is 4.73. The van der Waals surface area contributed by atoms with E-state index in [9.17, 15) is 14.7 Å². The Bertz CT molecular complexity index is 1250. The number of aliphatic hydroxyl groups is 1. The highest BCUT2D eigenvalue weighted by molar-refractivity contribution is 6.46. The van der Waals surface area contributed by atoms with E-state index in [1.54, 1.807) is 43.4 Å². The minimum absolute atomic E-state index is 0.0598. The number of benzene rings is 2. The molecule has 1 amide bonds. The first kappa shape index (κ1) is 30.4. The summed E-state index contributed by atoms with van der Waals surface area (Å²) in [6.07, 6.45) is 3.79. The molecule has 222 valence electrons. The smallest absolute Gasteiger partial charge is 0.295 e. The van der Waals surface area contributed by atoms with Crippen molar-refractivity contribution in [1.82, 2.24) is 9.80 Å². The Hall–Kier alpha value is -3.56. The monoisotopic (exact) mass is 566 g/mol. The van der Waals surface area contributed by atoms with Gasteiger partial charge in [0.25, 0.3) is 11.7 Å². The summed E-state index contributed by atoms with van der Waals surface area (Å²) in [6, 6.07) is 9.87. The maximum Gasteiger partial charge on any atom is 0.295 e. The SMILES string of the molecule is CCCCCOc1ccc(C2/C(=C(\O)c3ccc(OC)c(C)c3)C(=O)C(=O)N2CCCN2CCOCC2)cc1OC. The second kappa shape index (κ2) is 14.4. The Kier molecular flexibility index (Phi) is 10.7. The van der Waals surface area contributed by atoms with E-state index < -0.39 is 17.7 Å². The van der Waals surface area contributed by atoms with Gasteiger partial charge in [0.1, 0.15) is 11.5 Å². The fourth-order valence-electron chi connectivity index (χ4n) is 5.44. The normalized spacial score (nSPS) is 19.0. The number of ketones is 1. The van der Waals surface area contributed by atoms with Crippen LogP contribution in [0.4, 0.5) is 0 Å². The van der Waals surface area contributed by atoms with Crippen LogP contribution >= 0.6 is 0 Å². The summed E-state index contributed by atoms with van der Waals surface area (Å²) in [6.45, 7) is 8.79. The zero-order valence-electron chi connectivity index (χ0n) is 24.6. The van der Waals surface area contributed by atoms with Crippen LogP contribution in [0.1, 0.15) is 55.3 Å². The molecule has 0 spiro atoms. The third-order valence-corrected chi connectivity index (χ3v) is 7.69. The van der Waals surface area contributed by atoms with E-state index in [2.05, 4.69) is 11.8 Å². The highest BCUT2D eigenvalue weighted by Gasteiger charge is 2.46. The number of aliphatic hydroxyl groups excluding tert-OH is 1. The first-order chi connectivity index (χ1) is 19.9. The van der Waals surface area contributed by atoms with E-state index >= 15 is 0 Å². The molecule has 1 N–H and O–H groups in total. The van der Waals surface area contributed by atoms with Crippen LogP contribution < -0.4 is 14.2 Å². The van der Waals surface area contributed by atoms with Crippen molar-refractivity contribution < 1.29 is 33.6 Å². The van der Waals surface area contributed by atoms with Gasteiger partial charge >= 0.3 is 0 Å². The number of rotatable bonds is 13. The molecular weight excluding hydrogens is 524 g/mol. The van der Waals surface area contributed by atoms with E-state index in [1.807, 2.05) is 19.1 Å². The van der Waals surface area contributed by atoms with Crippen LogP contribution in [0.2, 0.25) is 0 Å². The van der Waals surface area contributed by atoms with Gasteiger partial charge in [-0.25, -0.2) is 0 Å². The molecular formula is C32H42N2O7. The molecule has 2 heterocycles. The molecule has 2 aromatic rings. The number of hydrogen-bond acceptors (Lipinski definition) is 8. The Labute approximate surface area is 242 Å². The number of morpholine rings is 1. The van der Waals surface area contributed by atoms with E-state index in [-0.39, 0.29) is 11.3 Å². The first-order valence-corrected chi connectivity index (χ1v) is 14.4. The number of Topliss-reactive ketones (excluding diaryl/α,β-unsaturated/α-hetero) is 1. The van der Waals surface area contributed by atoms with Crippen LogP contribution in [-0.4, -0.2) is 86.8 Å². The summed E-state index contributed by atoms with van der Waals surface area (Å²) in [4.78, 5) is 30.8. The standard InChI is InChI=1S/C32H42N2O7/c1-5-6-7-17-41-26-12-9-23(21-27(26)39-4)29-28(30(35)24-10-11-25(38-3)22(2)20-24)31(36)32(37)34(29)14-8-13-33-15-18-40-19-16-33/h9-12,20-21,29,35H,5-8,13-19H2,1-4H3/b30-28+. The number of carbonyl (C=O) groups is 2. The van der Waals surface area contributed by atoms with E-state index in [4.69, 9.17) is 18.9 Å². The summed E-state index contributed by atoms with van der Waals surface area (Å²) in [5, 5.41) is 11.5. The lowest BCUT2D eigenvalue weighted by molar-refractivity contribution is -0.140. The molecule has 9 nitrogen and oxygen atoms in total. The molecule has 2 aliphatic heterocycles. The van der Waals surface area contributed by atoms with Crippen LogP contribution in [0.25, 0.3) is 5.76 Å². The molecule has 0 aliphatic carbocycles. The van der Waals surface area contributed by atoms with Gasteiger partial charge in [-0.3, -0.25) is 14.5 Å². The van der Waals surface area contributed by atoms with Crippen LogP contribution in [0.3, 0.4) is 0 Å². The van der Waals surface area contributed by atoms with Crippen molar-refractivity contribution in [3.8, 4) is 17.2 Å². The van der Waals surface area contributed by atoms with Gasteiger partial charge in [0.05, 0.1) is 45.7 Å². The van der Waals surface area contributed by atoms with Crippen molar-refractivity contribution in [2.24, 2.45) is 0 Å². The van der Waals surface area contributed by atoms with Crippen molar-refractivity contribution in [3.63, 3.8) is 0 Å². The second-order valence-electron chi connectivity index (χ2n) is 10.5. The summed E-state index contributed by atoms with van der Waals surface area (Å²) in [5.74, 6) is 0.240. The Balaban J connectivity index is 1.70. The minimum atomic E-state index is -0.773. The average molecular weight is 567 g/mol. The van der Waals surface area contributed by atoms with Crippen LogP contribution in [0.15, 0.2) is 42.0 Å². The molecule has 9 heteroatoms. The maximum atomic E-state index is 13.5. The van der Waals surface area contributed by atoms with Crippen LogP contribution in [0, 0.1) is 6.92 Å². The lowest BCUT2D eigenvalue weighted by atomic mass is 9.94. The number of amides is 1. The van der Waals surface area contributed by atoms with Gasteiger partial charge in [-0.15, -0.1) is 0 Å². The summed E-state index contributed by atoms with van der Waals surface area (Å²) in [7, 11) is 3.15. The number of ether oxygens (including phenoxy) is 4. The molecule has 41 heavy (non-hydrogen) atoms. The lowest BCUT2D eigenvalue weighted by Gasteiger charge is -2.29. The van der Waals surface area contributed by atoms with Gasteiger partial charge in [0, 0.05) is 31.7 Å². The van der Waals surface area contributed by atoms with Crippen molar-refractivity contribution in [2.75, 3.05) is 60.2 Å². The van der Waals surface area contributed by atoms with Gasteiger partial charge in [-0.1, -0.05) is 25.8 Å². The molecule has 0 radical (unpaired) electrons. The van der Waals surface area contributed by atoms with Gasteiger partial charge in [-0.05, 0) is 61.2 Å². The zero-order chi connectivity index (χ0) is 29.4. The second-order valence-corrected chi connectivity index (χ2v) is 10.5. The summed E-state index contributed by atoms with van der Waals surface area (Å²) >= 11 is 0. The molecule has 2 saturated heterocycles. The van der Waals surface area contributed by atoms with Gasteiger partial charge < -0.3 is 29.0 Å². The molecule has 2 aromatic carbocycles. The predicted molar refractivity (Wildman–Crippen MR) is 157 cm³/mol. The Morgan fingerprint density at radius 1 is 0.951 bits per heavy atom. The fraction of sp³-hybridized carbons (Fsp3) is 0.500. The number of unbranched alkanes of at least 4 members (excludes halogenated alkanes) is 2. The fourth-order valence-corrected chi connectivity index (χ4v) is 5.44. The third-order valence-electron chi connectivity index (χ3n) is 7.69. The molecule has 1 unspecified atom stereocenters. The summed E-state index contributed by atoms with van der Waals surface area (Å²) in [5.41, 5.74) is 1.98. The van der Waals surface area contributed by atoms with Crippen molar-refractivity contribution >= 4 is 17.4 Å². The quantitative estimate of drug-likeness (QED) is 0.161. The Morgan fingerprint density at radius 3 is 2.37 bits per heavy atom. The molecule has 4 rings (SSSR count). The molecule has 2 fully saturated rings.